The Morgan fingerprint density at radius 3 is 1.52 bits per heavy atom. The van der Waals surface area contributed by atoms with E-state index in [1.165, 1.54) is 0 Å². The van der Waals surface area contributed by atoms with Gasteiger partial charge in [0.15, 0.2) is 0 Å². The largest absolute Gasteiger partial charge is 0.495 e. The highest BCUT2D eigenvalue weighted by Gasteiger charge is 2.02. The highest BCUT2D eigenvalue weighted by Crippen LogP contribution is 2.13. The predicted molar refractivity (Wildman–Crippen MR) is 116 cm³/mol. The Morgan fingerprint density at radius 2 is 0.963 bits per heavy atom. The summed E-state index contributed by atoms with van der Waals surface area (Å²) in [6, 6.07) is 0. The van der Waals surface area contributed by atoms with Crippen LogP contribution in [0.15, 0.2) is 146 Å². The Hall–Kier alpha value is -3.52. The van der Waals surface area contributed by atoms with Gasteiger partial charge < -0.3 is 9.64 Å². The summed E-state index contributed by atoms with van der Waals surface area (Å²) >= 11 is 0. The van der Waals surface area contributed by atoms with Crippen LogP contribution in [-0.4, -0.2) is 11.5 Å². The molecule has 0 N–H and O–H groups in total. The molecule has 0 saturated carbocycles. The number of hydrogen-bond donors (Lipinski definition) is 0. The fourth-order valence-corrected chi connectivity index (χ4v) is 2.07. The second kappa shape index (κ2) is 13.7. The van der Waals surface area contributed by atoms with Crippen molar-refractivity contribution in [3.8, 4) is 0 Å². The minimum atomic E-state index is 0.523. The molecule has 0 aromatic carbocycles. The third-order valence-corrected chi connectivity index (χ3v) is 3.37. The average molecular weight is 355 g/mol. The van der Waals surface area contributed by atoms with Gasteiger partial charge in [-0.1, -0.05) is 97.2 Å². The van der Waals surface area contributed by atoms with Crippen LogP contribution in [0, 0.1) is 0 Å². The van der Waals surface area contributed by atoms with Crippen LogP contribution < -0.4 is 0 Å². The van der Waals surface area contributed by atoms with E-state index < -0.39 is 0 Å². The molecule has 0 spiro atoms. The van der Waals surface area contributed by atoms with Crippen LogP contribution in [0.2, 0.25) is 0 Å². The van der Waals surface area contributed by atoms with Crippen molar-refractivity contribution in [2.24, 2.45) is 0 Å². The molecule has 0 aliphatic carbocycles. The molecule has 0 amide bonds. The highest BCUT2D eigenvalue weighted by atomic mass is 16.5. The van der Waals surface area contributed by atoms with E-state index in [2.05, 4.69) is 0 Å². The Kier molecular flexibility index (Phi) is 10.1. The molecule has 0 aromatic rings. The molecular formula is C25H25NO. The van der Waals surface area contributed by atoms with Crippen molar-refractivity contribution in [2.45, 2.75) is 0 Å². The molecule has 0 bridgehead atoms. The van der Waals surface area contributed by atoms with E-state index in [-0.39, 0.29) is 0 Å². The lowest BCUT2D eigenvalue weighted by atomic mass is 10.3. The van der Waals surface area contributed by atoms with Gasteiger partial charge in [0.1, 0.15) is 12.9 Å². The summed E-state index contributed by atoms with van der Waals surface area (Å²) in [7, 11) is 0. The molecule has 0 fully saturated rings. The second-order valence-electron chi connectivity index (χ2n) is 5.45. The van der Waals surface area contributed by atoms with Crippen molar-refractivity contribution in [1.82, 2.24) is 4.90 Å². The zero-order chi connectivity index (χ0) is 18.8. The third-order valence-electron chi connectivity index (χ3n) is 3.37. The first kappa shape index (κ1) is 19.8. The van der Waals surface area contributed by atoms with Crippen LogP contribution >= 0.6 is 0 Å². The first-order valence-corrected chi connectivity index (χ1v) is 8.92. The van der Waals surface area contributed by atoms with E-state index in [9.17, 15) is 0 Å². The van der Waals surface area contributed by atoms with Crippen molar-refractivity contribution in [2.75, 3.05) is 6.61 Å². The van der Waals surface area contributed by atoms with Gasteiger partial charge in [-0.25, -0.2) is 0 Å². The van der Waals surface area contributed by atoms with Crippen LogP contribution in [0.1, 0.15) is 0 Å². The molecule has 2 aliphatic heterocycles. The van der Waals surface area contributed by atoms with Crippen LogP contribution in [0.5, 0.6) is 0 Å². The number of rotatable bonds is 0. The summed E-state index contributed by atoms with van der Waals surface area (Å²) in [5.74, 6) is 0. The molecular weight excluding hydrogens is 330 g/mol. The van der Waals surface area contributed by atoms with E-state index >= 15 is 0 Å². The van der Waals surface area contributed by atoms with Gasteiger partial charge in [0, 0.05) is 12.4 Å². The summed E-state index contributed by atoms with van der Waals surface area (Å²) in [6.07, 6.45) is 45.5. The van der Waals surface area contributed by atoms with Gasteiger partial charge >= 0.3 is 0 Å². The van der Waals surface area contributed by atoms with Crippen molar-refractivity contribution >= 4 is 0 Å². The van der Waals surface area contributed by atoms with Crippen LogP contribution in [0.4, 0.5) is 0 Å². The predicted octanol–water partition coefficient (Wildman–Crippen LogP) is 6.21. The molecule has 2 aliphatic rings. The lowest BCUT2D eigenvalue weighted by Gasteiger charge is -2.18. The van der Waals surface area contributed by atoms with Gasteiger partial charge in [0.05, 0.1) is 5.70 Å². The summed E-state index contributed by atoms with van der Waals surface area (Å²) in [5.41, 5.74) is 0.976. The Labute approximate surface area is 162 Å². The quantitative estimate of drug-likeness (QED) is 0.512. The van der Waals surface area contributed by atoms with E-state index in [0.29, 0.717) is 6.61 Å². The van der Waals surface area contributed by atoms with Gasteiger partial charge in [0.25, 0.3) is 0 Å². The zero-order valence-corrected chi connectivity index (χ0v) is 15.3. The van der Waals surface area contributed by atoms with Gasteiger partial charge in [-0.15, -0.1) is 0 Å². The SMILES string of the molecule is C1=CC=CC=CC=CC=CN2C=CC=CC2=COCC=CC=CC=CC=C1. The summed E-state index contributed by atoms with van der Waals surface area (Å²) in [4.78, 5) is 2.01. The van der Waals surface area contributed by atoms with E-state index in [0.717, 1.165) is 5.70 Å². The van der Waals surface area contributed by atoms with Gasteiger partial charge in [-0.2, -0.15) is 0 Å². The highest BCUT2D eigenvalue weighted by molar-refractivity contribution is 5.30. The first-order valence-electron chi connectivity index (χ1n) is 8.92. The van der Waals surface area contributed by atoms with E-state index in [1.807, 2.05) is 139 Å². The monoisotopic (exact) mass is 355 g/mol. The van der Waals surface area contributed by atoms with Crippen molar-refractivity contribution in [1.29, 1.82) is 0 Å². The standard InChI is InChI=1S/C25H25NO/c1-2-4-6-8-10-12-14-17-21-26-22-18-16-20-25(26)24-27-23-19-15-13-11-9-7-5-3-1/h1-22,24H,23H2. The minimum absolute atomic E-state index is 0.523. The number of fused-ring (bicyclic) bond motifs is 1. The molecule has 2 rings (SSSR count). The minimum Gasteiger partial charge on any atom is -0.495 e. The molecule has 27 heavy (non-hydrogen) atoms. The number of nitrogens with zero attached hydrogens (tertiary/aromatic N) is 1. The van der Waals surface area contributed by atoms with Crippen molar-refractivity contribution in [3.63, 3.8) is 0 Å². The second-order valence-corrected chi connectivity index (χ2v) is 5.45. The number of hydrogen-bond acceptors (Lipinski definition) is 2. The Bertz CT molecular complexity index is 790. The number of allylic oxidation sites excluding steroid dienone is 19. The third kappa shape index (κ3) is 9.51. The maximum atomic E-state index is 5.61. The van der Waals surface area contributed by atoms with Crippen LogP contribution in [-0.2, 0) is 4.74 Å². The molecule has 0 aromatic heterocycles. The molecule has 0 radical (unpaired) electrons. The lowest BCUT2D eigenvalue weighted by molar-refractivity contribution is 0.281. The maximum absolute atomic E-state index is 5.61. The fraction of sp³-hybridized carbons (Fsp3) is 0.0400. The molecule has 2 heteroatoms. The smallest absolute Gasteiger partial charge is 0.107 e. The molecule has 136 valence electrons. The summed E-state index contributed by atoms with van der Waals surface area (Å²) < 4.78 is 5.61. The maximum Gasteiger partial charge on any atom is 0.107 e. The molecule has 2 nitrogen and oxygen atoms in total. The molecule has 0 unspecified atom stereocenters. The van der Waals surface area contributed by atoms with E-state index in [1.54, 1.807) is 6.26 Å². The fourth-order valence-electron chi connectivity index (χ4n) is 2.07. The number of ether oxygens (including phenoxy) is 1. The topological polar surface area (TPSA) is 12.5 Å². The molecule has 0 saturated heterocycles. The molecule has 2 heterocycles. The van der Waals surface area contributed by atoms with Gasteiger partial charge in [-0.05, 0) is 24.3 Å². The zero-order valence-electron chi connectivity index (χ0n) is 15.3. The van der Waals surface area contributed by atoms with Crippen molar-refractivity contribution in [3.05, 3.63) is 146 Å². The average Bonchev–Trinajstić information content (AvgIpc) is 2.69. The lowest BCUT2D eigenvalue weighted by Crippen LogP contribution is -2.09. The van der Waals surface area contributed by atoms with Crippen LogP contribution in [0.3, 0.4) is 0 Å². The van der Waals surface area contributed by atoms with Crippen LogP contribution in [0.25, 0.3) is 0 Å². The van der Waals surface area contributed by atoms with Crippen molar-refractivity contribution < 1.29 is 4.74 Å². The van der Waals surface area contributed by atoms with Gasteiger partial charge in [0.2, 0.25) is 0 Å². The Balaban J connectivity index is 2.05. The van der Waals surface area contributed by atoms with Gasteiger partial charge in [-0.3, -0.25) is 0 Å². The summed E-state index contributed by atoms with van der Waals surface area (Å²) in [6.45, 7) is 0.523. The Morgan fingerprint density at radius 1 is 0.519 bits per heavy atom. The summed E-state index contributed by atoms with van der Waals surface area (Å²) in [5, 5.41) is 0. The first-order chi connectivity index (χ1) is 13.5. The normalized spacial score (nSPS) is 17.8. The van der Waals surface area contributed by atoms with E-state index in [4.69, 9.17) is 4.74 Å². The molecule has 0 atom stereocenters.